The van der Waals surface area contributed by atoms with Gasteiger partial charge < -0.3 is 10.6 Å². The zero-order valence-electron chi connectivity index (χ0n) is 7.33. The molecule has 0 radical (unpaired) electrons. The SMILES string of the molecule is CSCC[C@H](N)C(=O)N(C)C. The molecule has 1 amide bonds. The maximum absolute atomic E-state index is 11.1. The summed E-state index contributed by atoms with van der Waals surface area (Å²) in [6.45, 7) is 0. The first-order valence-corrected chi connectivity index (χ1v) is 4.94. The molecule has 0 aliphatic carbocycles. The molecule has 4 heteroatoms. The average molecular weight is 176 g/mol. The lowest BCUT2D eigenvalue weighted by atomic mass is 10.2. The predicted octanol–water partition coefficient (Wildman–Crippen LogP) is 0.155. The van der Waals surface area contributed by atoms with Crippen LogP contribution < -0.4 is 5.73 Å². The Hall–Kier alpha value is -0.220. The molecular weight excluding hydrogens is 160 g/mol. The van der Waals surface area contributed by atoms with Crippen molar-refractivity contribution in [2.75, 3.05) is 26.1 Å². The molecule has 0 saturated carbocycles. The number of nitrogens with zero attached hydrogens (tertiary/aromatic N) is 1. The third-order valence-electron chi connectivity index (χ3n) is 1.39. The number of nitrogens with two attached hydrogens (primary N) is 1. The van der Waals surface area contributed by atoms with Crippen LogP contribution in [0.2, 0.25) is 0 Å². The molecule has 0 aromatic carbocycles. The Labute approximate surface area is 72.3 Å². The quantitative estimate of drug-likeness (QED) is 0.663. The predicted molar refractivity (Wildman–Crippen MR) is 49.7 cm³/mol. The maximum Gasteiger partial charge on any atom is 0.238 e. The minimum absolute atomic E-state index is 0.0130. The summed E-state index contributed by atoms with van der Waals surface area (Å²) in [5, 5.41) is 0. The number of rotatable bonds is 4. The minimum Gasteiger partial charge on any atom is -0.347 e. The molecule has 0 rings (SSSR count). The van der Waals surface area contributed by atoms with Crippen LogP contribution in [0.5, 0.6) is 0 Å². The summed E-state index contributed by atoms with van der Waals surface area (Å²) in [5.41, 5.74) is 5.60. The highest BCUT2D eigenvalue weighted by atomic mass is 32.2. The highest BCUT2D eigenvalue weighted by Crippen LogP contribution is 2.00. The number of hydrogen-bond acceptors (Lipinski definition) is 3. The fraction of sp³-hybridized carbons (Fsp3) is 0.857. The molecule has 66 valence electrons. The third kappa shape index (κ3) is 4.27. The van der Waals surface area contributed by atoms with E-state index in [0.717, 1.165) is 12.2 Å². The number of carbonyl (C=O) groups excluding carboxylic acids is 1. The molecule has 1 atom stereocenters. The number of thioether (sulfide) groups is 1. The van der Waals surface area contributed by atoms with Gasteiger partial charge in [0.05, 0.1) is 6.04 Å². The first-order valence-electron chi connectivity index (χ1n) is 3.55. The van der Waals surface area contributed by atoms with Gasteiger partial charge in [0.1, 0.15) is 0 Å². The van der Waals surface area contributed by atoms with E-state index in [1.807, 2.05) is 6.26 Å². The lowest BCUT2D eigenvalue weighted by Crippen LogP contribution is -2.40. The topological polar surface area (TPSA) is 46.3 Å². The van der Waals surface area contributed by atoms with E-state index < -0.39 is 0 Å². The average Bonchev–Trinajstić information content (AvgIpc) is 1.98. The van der Waals surface area contributed by atoms with Gasteiger partial charge in [0.25, 0.3) is 0 Å². The monoisotopic (exact) mass is 176 g/mol. The Morgan fingerprint density at radius 1 is 1.64 bits per heavy atom. The maximum atomic E-state index is 11.1. The molecule has 0 aromatic heterocycles. The molecule has 2 N–H and O–H groups in total. The van der Waals surface area contributed by atoms with Gasteiger partial charge in [-0.3, -0.25) is 4.79 Å². The number of amides is 1. The molecule has 0 bridgehead atoms. The van der Waals surface area contributed by atoms with E-state index in [2.05, 4.69) is 0 Å². The van der Waals surface area contributed by atoms with Crippen molar-refractivity contribution >= 4 is 17.7 Å². The van der Waals surface area contributed by atoms with Gasteiger partial charge in [-0.2, -0.15) is 11.8 Å². The van der Waals surface area contributed by atoms with E-state index in [1.54, 1.807) is 25.9 Å². The van der Waals surface area contributed by atoms with Gasteiger partial charge in [0.2, 0.25) is 5.91 Å². The van der Waals surface area contributed by atoms with Crippen LogP contribution in [0.1, 0.15) is 6.42 Å². The molecule has 0 unspecified atom stereocenters. The summed E-state index contributed by atoms with van der Waals surface area (Å²) in [4.78, 5) is 12.7. The fourth-order valence-corrected chi connectivity index (χ4v) is 1.19. The summed E-state index contributed by atoms with van der Waals surface area (Å²) in [7, 11) is 3.45. The molecule has 0 saturated heterocycles. The standard InChI is InChI=1S/C7H16N2OS/c1-9(2)7(10)6(8)4-5-11-3/h6H,4-5,8H2,1-3H3/t6-/m0/s1. The van der Waals surface area contributed by atoms with E-state index in [1.165, 1.54) is 4.90 Å². The van der Waals surface area contributed by atoms with Crippen LogP contribution in [-0.2, 0) is 4.79 Å². The largest absolute Gasteiger partial charge is 0.347 e. The van der Waals surface area contributed by atoms with Crippen molar-refractivity contribution in [3.63, 3.8) is 0 Å². The number of carbonyl (C=O) groups is 1. The molecule has 0 heterocycles. The lowest BCUT2D eigenvalue weighted by Gasteiger charge is -2.15. The molecular formula is C7H16N2OS. The van der Waals surface area contributed by atoms with Gasteiger partial charge in [0.15, 0.2) is 0 Å². The Kier molecular flexibility index (Phi) is 5.32. The van der Waals surface area contributed by atoms with Crippen molar-refractivity contribution in [3.05, 3.63) is 0 Å². The number of likely N-dealkylation sites (N-methyl/N-ethyl adjacent to an activating group) is 1. The van der Waals surface area contributed by atoms with E-state index >= 15 is 0 Å². The van der Waals surface area contributed by atoms with Crippen molar-refractivity contribution in [3.8, 4) is 0 Å². The van der Waals surface area contributed by atoms with Crippen LogP contribution in [-0.4, -0.2) is 43.0 Å². The Bertz CT molecular complexity index is 128. The van der Waals surface area contributed by atoms with Crippen LogP contribution in [0.4, 0.5) is 0 Å². The molecule has 0 aliphatic rings. The zero-order valence-corrected chi connectivity index (χ0v) is 8.15. The molecule has 3 nitrogen and oxygen atoms in total. The summed E-state index contributed by atoms with van der Waals surface area (Å²) in [5.74, 6) is 0.958. The Balaban J connectivity index is 3.64. The van der Waals surface area contributed by atoms with Crippen molar-refractivity contribution < 1.29 is 4.79 Å². The van der Waals surface area contributed by atoms with Crippen LogP contribution in [0.15, 0.2) is 0 Å². The van der Waals surface area contributed by atoms with Gasteiger partial charge in [-0.15, -0.1) is 0 Å². The summed E-state index contributed by atoms with van der Waals surface area (Å²) < 4.78 is 0. The van der Waals surface area contributed by atoms with Crippen molar-refractivity contribution in [2.45, 2.75) is 12.5 Å². The fourth-order valence-electron chi connectivity index (χ4n) is 0.700. The zero-order chi connectivity index (χ0) is 8.85. The number of hydrogen-bond donors (Lipinski definition) is 1. The van der Waals surface area contributed by atoms with Gasteiger partial charge in [-0.05, 0) is 18.4 Å². The Morgan fingerprint density at radius 2 is 2.18 bits per heavy atom. The first-order chi connectivity index (χ1) is 5.09. The molecule has 11 heavy (non-hydrogen) atoms. The molecule has 0 aromatic rings. The first kappa shape index (κ1) is 10.8. The van der Waals surface area contributed by atoms with Crippen LogP contribution in [0.25, 0.3) is 0 Å². The molecule has 0 aliphatic heterocycles. The van der Waals surface area contributed by atoms with Gasteiger partial charge in [-0.25, -0.2) is 0 Å². The normalized spacial score (nSPS) is 12.7. The van der Waals surface area contributed by atoms with Crippen LogP contribution in [0.3, 0.4) is 0 Å². The smallest absolute Gasteiger partial charge is 0.238 e. The van der Waals surface area contributed by atoms with Gasteiger partial charge >= 0.3 is 0 Å². The third-order valence-corrected chi connectivity index (χ3v) is 2.03. The van der Waals surface area contributed by atoms with Crippen molar-refractivity contribution in [2.24, 2.45) is 5.73 Å². The second kappa shape index (κ2) is 5.43. The second-order valence-electron chi connectivity index (χ2n) is 2.62. The second-order valence-corrected chi connectivity index (χ2v) is 3.61. The van der Waals surface area contributed by atoms with Gasteiger partial charge in [0, 0.05) is 14.1 Å². The van der Waals surface area contributed by atoms with Crippen LogP contribution >= 0.6 is 11.8 Å². The van der Waals surface area contributed by atoms with Crippen molar-refractivity contribution in [1.82, 2.24) is 4.90 Å². The van der Waals surface area contributed by atoms with E-state index in [4.69, 9.17) is 5.73 Å². The van der Waals surface area contributed by atoms with Crippen LogP contribution in [0, 0.1) is 0 Å². The summed E-state index contributed by atoms with van der Waals surface area (Å²) in [6, 6.07) is -0.322. The Morgan fingerprint density at radius 3 is 2.55 bits per heavy atom. The highest BCUT2D eigenvalue weighted by molar-refractivity contribution is 7.98. The minimum atomic E-state index is -0.322. The van der Waals surface area contributed by atoms with E-state index in [0.29, 0.717) is 0 Å². The molecule has 0 spiro atoms. The lowest BCUT2D eigenvalue weighted by molar-refractivity contribution is -0.130. The van der Waals surface area contributed by atoms with Crippen molar-refractivity contribution in [1.29, 1.82) is 0 Å². The van der Waals surface area contributed by atoms with Gasteiger partial charge in [-0.1, -0.05) is 0 Å². The summed E-state index contributed by atoms with van der Waals surface area (Å²) >= 11 is 1.71. The molecule has 0 fully saturated rings. The van der Waals surface area contributed by atoms with E-state index in [9.17, 15) is 4.79 Å². The summed E-state index contributed by atoms with van der Waals surface area (Å²) in [6.07, 6.45) is 2.77. The highest BCUT2D eigenvalue weighted by Gasteiger charge is 2.13. The van der Waals surface area contributed by atoms with E-state index in [-0.39, 0.29) is 11.9 Å².